The van der Waals surface area contributed by atoms with Crippen LogP contribution in [0.4, 0.5) is 0 Å². The Bertz CT molecular complexity index is 1500. The van der Waals surface area contributed by atoms with Gasteiger partial charge in [0, 0.05) is 21.7 Å². The molecule has 0 amide bonds. The topological polar surface area (TPSA) is 40.5 Å². The van der Waals surface area contributed by atoms with Crippen LogP contribution in [0.5, 0.6) is 11.5 Å². The molecule has 0 saturated carbocycles. The van der Waals surface area contributed by atoms with Crippen LogP contribution in [0.15, 0.2) is 66.7 Å². The van der Waals surface area contributed by atoms with Crippen LogP contribution in [0.2, 0.25) is 0 Å². The number of phenols is 2. The molecule has 0 saturated heterocycles. The first-order valence-corrected chi connectivity index (χ1v) is 16.1. The van der Waals surface area contributed by atoms with Gasteiger partial charge < -0.3 is 10.2 Å². The molecule has 4 aromatic carbocycles. The van der Waals surface area contributed by atoms with E-state index in [1.807, 2.05) is 0 Å². The minimum absolute atomic E-state index is 0.117. The van der Waals surface area contributed by atoms with Crippen molar-refractivity contribution in [2.45, 2.75) is 105 Å². The molecule has 2 N–H and O–H groups in total. The lowest BCUT2D eigenvalue weighted by molar-refractivity contribution is 0.448. The first kappa shape index (κ1) is 31.1. The number of benzene rings is 4. The van der Waals surface area contributed by atoms with Crippen molar-refractivity contribution in [3.8, 4) is 11.5 Å². The summed E-state index contributed by atoms with van der Waals surface area (Å²) in [6, 6.07) is 23.7. The molecule has 4 rings (SSSR count). The van der Waals surface area contributed by atoms with E-state index in [2.05, 4.69) is 150 Å². The quantitative estimate of drug-likeness (QED) is 0.242. The summed E-state index contributed by atoms with van der Waals surface area (Å²) in [5, 5.41) is 29.6. The van der Waals surface area contributed by atoms with Crippen molar-refractivity contribution in [1.29, 1.82) is 0 Å². The fourth-order valence-electron chi connectivity index (χ4n) is 5.38. The van der Waals surface area contributed by atoms with Crippen LogP contribution < -0.4 is 15.9 Å². The van der Waals surface area contributed by atoms with Crippen LogP contribution in [0, 0.1) is 0 Å². The van der Waals surface area contributed by atoms with Gasteiger partial charge in [-0.1, -0.05) is 138 Å². The van der Waals surface area contributed by atoms with Gasteiger partial charge in [0.05, 0.1) is 0 Å². The van der Waals surface area contributed by atoms with Gasteiger partial charge in [0.1, 0.15) is 11.5 Å². The molecule has 0 atom stereocenters. The average molecular weight is 569 g/mol. The van der Waals surface area contributed by atoms with E-state index in [4.69, 9.17) is 0 Å². The van der Waals surface area contributed by atoms with E-state index in [1.54, 1.807) is 0 Å². The summed E-state index contributed by atoms with van der Waals surface area (Å²) >= 11 is 0. The van der Waals surface area contributed by atoms with Crippen molar-refractivity contribution in [2.75, 3.05) is 0 Å². The lowest BCUT2D eigenvalue weighted by Gasteiger charge is -2.33. The third-order valence-corrected chi connectivity index (χ3v) is 10.5. The summed E-state index contributed by atoms with van der Waals surface area (Å²) in [6.07, 6.45) is 0. The SMILES string of the molecule is CC(C)(C)c1cc(P(c2cc(C(C)(C)C)cc(C(C)(C)C)c2O)c2cccc3ccccc23)c(O)c(C(C)(C)C)c1. The molecule has 0 spiro atoms. The second-order valence-electron chi connectivity index (χ2n) is 15.6. The van der Waals surface area contributed by atoms with Crippen LogP contribution in [0.3, 0.4) is 0 Å². The van der Waals surface area contributed by atoms with Crippen molar-refractivity contribution < 1.29 is 10.2 Å². The Hall–Kier alpha value is -2.83. The summed E-state index contributed by atoms with van der Waals surface area (Å²) in [5.41, 5.74) is 3.50. The van der Waals surface area contributed by atoms with Crippen LogP contribution in [0.1, 0.15) is 105 Å². The highest BCUT2D eigenvalue weighted by Gasteiger charge is 2.34. The minimum atomic E-state index is -1.34. The molecule has 0 aliphatic rings. The molecule has 0 unspecified atom stereocenters. The summed E-state index contributed by atoms with van der Waals surface area (Å²) in [5.74, 6) is 0.671. The summed E-state index contributed by atoms with van der Waals surface area (Å²) in [7, 11) is -1.34. The van der Waals surface area contributed by atoms with Crippen molar-refractivity contribution in [1.82, 2.24) is 0 Å². The first-order valence-electron chi connectivity index (χ1n) is 14.7. The Balaban J connectivity index is 2.25. The fourth-order valence-corrected chi connectivity index (χ4v) is 8.04. The number of phenolic OH excluding ortho intramolecular Hbond substituents is 2. The highest BCUT2D eigenvalue weighted by molar-refractivity contribution is 7.80. The van der Waals surface area contributed by atoms with Gasteiger partial charge in [-0.25, -0.2) is 0 Å². The largest absolute Gasteiger partial charge is 0.507 e. The molecule has 2 nitrogen and oxygen atoms in total. The summed E-state index contributed by atoms with van der Waals surface area (Å²) < 4.78 is 0. The van der Waals surface area contributed by atoms with Gasteiger partial charge in [-0.15, -0.1) is 0 Å². The lowest BCUT2D eigenvalue weighted by Crippen LogP contribution is -2.29. The molecule has 4 aromatic rings. The van der Waals surface area contributed by atoms with E-state index in [-0.39, 0.29) is 21.7 Å². The molecule has 0 radical (unpaired) electrons. The second kappa shape index (κ2) is 10.5. The zero-order valence-electron chi connectivity index (χ0n) is 27.2. The maximum Gasteiger partial charge on any atom is 0.127 e. The van der Waals surface area contributed by atoms with E-state index >= 15 is 0 Å². The second-order valence-corrected chi connectivity index (χ2v) is 17.7. The van der Waals surface area contributed by atoms with Crippen LogP contribution in [-0.4, -0.2) is 10.2 Å². The Morgan fingerprint density at radius 1 is 0.463 bits per heavy atom. The smallest absolute Gasteiger partial charge is 0.127 e. The third kappa shape index (κ3) is 6.19. The molecule has 0 bridgehead atoms. The molecule has 0 aliphatic carbocycles. The molecular formula is C38H49O2P. The van der Waals surface area contributed by atoms with Gasteiger partial charge >= 0.3 is 0 Å². The highest BCUT2D eigenvalue weighted by atomic mass is 31.1. The molecule has 0 aliphatic heterocycles. The number of aromatic hydroxyl groups is 2. The Kier molecular flexibility index (Phi) is 7.94. The van der Waals surface area contributed by atoms with Gasteiger partial charge in [0.15, 0.2) is 0 Å². The van der Waals surface area contributed by atoms with E-state index in [1.165, 1.54) is 11.1 Å². The molecule has 41 heavy (non-hydrogen) atoms. The molecule has 0 fully saturated rings. The van der Waals surface area contributed by atoms with Crippen molar-refractivity contribution in [3.63, 3.8) is 0 Å². The Morgan fingerprint density at radius 2 is 0.878 bits per heavy atom. The third-order valence-electron chi connectivity index (χ3n) is 8.02. The monoisotopic (exact) mass is 568 g/mol. The number of hydrogen-bond acceptors (Lipinski definition) is 2. The minimum Gasteiger partial charge on any atom is -0.507 e. The lowest BCUT2D eigenvalue weighted by atomic mass is 9.80. The zero-order valence-corrected chi connectivity index (χ0v) is 28.1. The maximum atomic E-state index is 12.2. The highest BCUT2D eigenvalue weighted by Crippen LogP contribution is 2.47. The van der Waals surface area contributed by atoms with E-state index in [0.29, 0.717) is 11.5 Å². The Morgan fingerprint density at radius 3 is 1.29 bits per heavy atom. The van der Waals surface area contributed by atoms with Crippen LogP contribution in [0.25, 0.3) is 10.8 Å². The zero-order chi connectivity index (χ0) is 30.7. The normalized spacial score (nSPS) is 13.3. The molecule has 3 heteroatoms. The number of hydrogen-bond donors (Lipinski definition) is 2. The van der Waals surface area contributed by atoms with E-state index < -0.39 is 7.92 Å². The van der Waals surface area contributed by atoms with Gasteiger partial charge in [0.2, 0.25) is 0 Å². The summed E-state index contributed by atoms with van der Waals surface area (Å²) in [4.78, 5) is 0. The van der Waals surface area contributed by atoms with Gasteiger partial charge in [-0.3, -0.25) is 0 Å². The predicted octanol–water partition coefficient (Wildman–Crippen LogP) is 9.20. The van der Waals surface area contributed by atoms with Crippen molar-refractivity contribution in [2.24, 2.45) is 0 Å². The average Bonchev–Trinajstić information content (AvgIpc) is 2.83. The van der Waals surface area contributed by atoms with Gasteiger partial charge in [-0.2, -0.15) is 0 Å². The summed E-state index contributed by atoms with van der Waals surface area (Å²) in [6.45, 7) is 26.3. The fraction of sp³-hybridized carbons (Fsp3) is 0.421. The first-order chi connectivity index (χ1) is 18.7. The van der Waals surface area contributed by atoms with E-state index in [0.717, 1.165) is 37.8 Å². The van der Waals surface area contributed by atoms with Gasteiger partial charge in [0.25, 0.3) is 0 Å². The molecule has 0 heterocycles. The molecule has 0 aromatic heterocycles. The van der Waals surface area contributed by atoms with Crippen LogP contribution in [-0.2, 0) is 21.7 Å². The number of fused-ring (bicyclic) bond motifs is 1. The standard InChI is InChI=1S/C38H49O2P/c1-35(2,3)25-20-28(37(7,8)9)33(39)31(22-25)41(30-19-15-17-24-16-13-14-18-27(24)30)32-23-26(36(4,5)6)21-29(34(32)40)38(10,11)12/h13-23,39-40H,1-12H3. The van der Waals surface area contributed by atoms with Crippen molar-refractivity contribution in [3.05, 3.63) is 89.0 Å². The van der Waals surface area contributed by atoms with Crippen molar-refractivity contribution >= 4 is 34.6 Å². The van der Waals surface area contributed by atoms with E-state index in [9.17, 15) is 10.2 Å². The van der Waals surface area contributed by atoms with Crippen LogP contribution >= 0.6 is 7.92 Å². The Labute approximate surface area is 249 Å². The molecular weight excluding hydrogens is 519 g/mol. The number of rotatable bonds is 3. The molecule has 218 valence electrons. The van der Waals surface area contributed by atoms with Gasteiger partial charge in [-0.05, 0) is 68.9 Å². The maximum absolute atomic E-state index is 12.2. The predicted molar refractivity (Wildman–Crippen MR) is 181 cm³/mol.